The maximum absolute atomic E-state index is 12.8. The summed E-state index contributed by atoms with van der Waals surface area (Å²) in [6.07, 6.45) is 0. The molecule has 0 aromatic heterocycles. The Morgan fingerprint density at radius 1 is 1.17 bits per heavy atom. The summed E-state index contributed by atoms with van der Waals surface area (Å²) in [6, 6.07) is 1.36. The zero-order chi connectivity index (χ0) is 9.30. The van der Waals surface area contributed by atoms with Gasteiger partial charge < -0.3 is 5.73 Å². The van der Waals surface area contributed by atoms with Crippen molar-refractivity contribution in [2.24, 2.45) is 5.73 Å². The molecule has 0 spiro atoms. The molecule has 0 saturated heterocycles. The van der Waals surface area contributed by atoms with Crippen LogP contribution < -0.4 is 5.73 Å². The van der Waals surface area contributed by atoms with E-state index in [9.17, 15) is 13.2 Å². The van der Waals surface area contributed by atoms with Gasteiger partial charge in [-0.3, -0.25) is 0 Å². The molecule has 0 aliphatic rings. The zero-order valence-electron chi connectivity index (χ0n) is 6.44. The van der Waals surface area contributed by atoms with E-state index in [1.807, 2.05) is 0 Å². The maximum Gasteiger partial charge on any atom is 0.194 e. The summed E-state index contributed by atoms with van der Waals surface area (Å²) in [5.74, 6) is -3.87. The van der Waals surface area contributed by atoms with E-state index in [1.54, 1.807) is 0 Å². The van der Waals surface area contributed by atoms with Crippen LogP contribution in [-0.2, 0) is 0 Å². The standard InChI is InChI=1S/C8H8F3N/c1-4(12)5-2-3-6(9)8(11)7(5)10/h2-4H,12H2,1H3. The van der Waals surface area contributed by atoms with Gasteiger partial charge in [0.1, 0.15) is 0 Å². The molecule has 0 radical (unpaired) electrons. The van der Waals surface area contributed by atoms with Crippen LogP contribution in [0.3, 0.4) is 0 Å². The molecule has 66 valence electrons. The molecule has 0 fully saturated rings. The molecule has 12 heavy (non-hydrogen) atoms. The summed E-state index contributed by atoms with van der Waals surface area (Å²) in [6.45, 7) is 1.50. The van der Waals surface area contributed by atoms with Crippen LogP contribution in [0, 0.1) is 17.5 Å². The van der Waals surface area contributed by atoms with Gasteiger partial charge in [0.05, 0.1) is 0 Å². The van der Waals surface area contributed by atoms with Gasteiger partial charge >= 0.3 is 0 Å². The molecule has 1 unspecified atom stereocenters. The highest BCUT2D eigenvalue weighted by Gasteiger charge is 2.14. The smallest absolute Gasteiger partial charge is 0.194 e. The Labute approximate surface area is 68.0 Å². The Kier molecular flexibility index (Phi) is 2.38. The lowest BCUT2D eigenvalue weighted by Gasteiger charge is -2.07. The third-order valence-electron chi connectivity index (χ3n) is 1.56. The van der Waals surface area contributed by atoms with E-state index < -0.39 is 23.5 Å². The molecule has 2 N–H and O–H groups in total. The summed E-state index contributed by atoms with van der Waals surface area (Å²) < 4.78 is 37.7. The van der Waals surface area contributed by atoms with Crippen molar-refractivity contribution in [2.45, 2.75) is 13.0 Å². The summed E-state index contributed by atoms with van der Waals surface area (Å²) >= 11 is 0. The maximum atomic E-state index is 12.8. The van der Waals surface area contributed by atoms with E-state index in [0.717, 1.165) is 12.1 Å². The van der Waals surface area contributed by atoms with Crippen LogP contribution in [0.2, 0.25) is 0 Å². The van der Waals surface area contributed by atoms with Crippen LogP contribution >= 0.6 is 0 Å². The van der Waals surface area contributed by atoms with Crippen molar-refractivity contribution in [1.82, 2.24) is 0 Å². The summed E-state index contributed by atoms with van der Waals surface area (Å²) in [4.78, 5) is 0. The monoisotopic (exact) mass is 175 g/mol. The molecule has 1 aromatic carbocycles. The van der Waals surface area contributed by atoms with Crippen molar-refractivity contribution in [3.63, 3.8) is 0 Å². The largest absolute Gasteiger partial charge is 0.324 e. The molecule has 0 heterocycles. The molecule has 0 saturated carbocycles. The first-order valence-electron chi connectivity index (χ1n) is 3.43. The molecule has 0 aliphatic heterocycles. The van der Waals surface area contributed by atoms with Crippen LogP contribution in [0.25, 0.3) is 0 Å². The van der Waals surface area contributed by atoms with Crippen molar-refractivity contribution in [2.75, 3.05) is 0 Å². The first kappa shape index (κ1) is 9.06. The third-order valence-corrected chi connectivity index (χ3v) is 1.56. The number of hydrogen-bond donors (Lipinski definition) is 1. The Morgan fingerprint density at radius 3 is 2.25 bits per heavy atom. The number of halogens is 3. The van der Waals surface area contributed by atoms with Crippen molar-refractivity contribution in [3.8, 4) is 0 Å². The first-order chi connectivity index (χ1) is 5.54. The highest BCUT2D eigenvalue weighted by molar-refractivity contribution is 5.22. The third kappa shape index (κ3) is 1.43. The molecule has 0 bridgehead atoms. The van der Waals surface area contributed by atoms with Gasteiger partial charge in [-0.1, -0.05) is 6.07 Å². The Hall–Kier alpha value is -1.03. The number of hydrogen-bond acceptors (Lipinski definition) is 1. The Balaban J connectivity index is 3.27. The molecular formula is C8H8F3N. The average molecular weight is 175 g/mol. The van der Waals surface area contributed by atoms with Gasteiger partial charge in [-0.2, -0.15) is 0 Å². The molecular weight excluding hydrogens is 167 g/mol. The lowest BCUT2D eigenvalue weighted by atomic mass is 10.1. The summed E-state index contributed by atoms with van der Waals surface area (Å²) in [5, 5.41) is 0. The molecule has 1 nitrogen and oxygen atoms in total. The molecule has 1 atom stereocenters. The second-order valence-electron chi connectivity index (χ2n) is 2.55. The number of benzene rings is 1. The Morgan fingerprint density at radius 2 is 1.75 bits per heavy atom. The number of nitrogens with two attached hydrogens (primary N) is 1. The van der Waals surface area contributed by atoms with Crippen LogP contribution in [-0.4, -0.2) is 0 Å². The van der Waals surface area contributed by atoms with E-state index in [2.05, 4.69) is 0 Å². The van der Waals surface area contributed by atoms with Crippen LogP contribution in [0.15, 0.2) is 12.1 Å². The van der Waals surface area contributed by atoms with E-state index in [4.69, 9.17) is 5.73 Å². The van der Waals surface area contributed by atoms with E-state index >= 15 is 0 Å². The quantitative estimate of drug-likeness (QED) is 0.650. The average Bonchev–Trinajstić information content (AvgIpc) is 2.00. The minimum Gasteiger partial charge on any atom is -0.324 e. The van der Waals surface area contributed by atoms with Crippen LogP contribution in [0.5, 0.6) is 0 Å². The van der Waals surface area contributed by atoms with Gasteiger partial charge in [-0.15, -0.1) is 0 Å². The summed E-state index contributed by atoms with van der Waals surface area (Å²) in [5.41, 5.74) is 5.28. The van der Waals surface area contributed by atoms with Crippen LogP contribution in [0.1, 0.15) is 18.5 Å². The fourth-order valence-corrected chi connectivity index (χ4v) is 0.893. The fourth-order valence-electron chi connectivity index (χ4n) is 0.893. The molecule has 4 heteroatoms. The van der Waals surface area contributed by atoms with Crippen molar-refractivity contribution in [1.29, 1.82) is 0 Å². The van der Waals surface area contributed by atoms with E-state index in [1.165, 1.54) is 6.92 Å². The van der Waals surface area contributed by atoms with Gasteiger partial charge in [-0.25, -0.2) is 13.2 Å². The van der Waals surface area contributed by atoms with E-state index in [-0.39, 0.29) is 5.56 Å². The first-order valence-corrected chi connectivity index (χ1v) is 3.43. The van der Waals surface area contributed by atoms with Crippen molar-refractivity contribution < 1.29 is 13.2 Å². The molecule has 1 aromatic rings. The minimum absolute atomic E-state index is 0.0195. The summed E-state index contributed by atoms with van der Waals surface area (Å²) in [7, 11) is 0. The second-order valence-corrected chi connectivity index (χ2v) is 2.55. The predicted molar refractivity (Wildman–Crippen MR) is 38.9 cm³/mol. The molecule has 1 rings (SSSR count). The van der Waals surface area contributed by atoms with Crippen molar-refractivity contribution in [3.05, 3.63) is 35.1 Å². The highest BCUT2D eigenvalue weighted by atomic mass is 19.2. The second kappa shape index (κ2) is 3.15. The predicted octanol–water partition coefficient (Wildman–Crippen LogP) is 2.12. The van der Waals surface area contributed by atoms with Gasteiger partial charge in [0, 0.05) is 11.6 Å². The highest BCUT2D eigenvalue weighted by Crippen LogP contribution is 2.19. The zero-order valence-corrected chi connectivity index (χ0v) is 6.44. The van der Waals surface area contributed by atoms with E-state index in [0.29, 0.717) is 0 Å². The molecule has 0 amide bonds. The lowest BCUT2D eigenvalue weighted by Crippen LogP contribution is -2.09. The fraction of sp³-hybridized carbons (Fsp3) is 0.250. The normalized spacial score (nSPS) is 13.1. The van der Waals surface area contributed by atoms with Gasteiger partial charge in [0.15, 0.2) is 17.5 Å². The van der Waals surface area contributed by atoms with Gasteiger partial charge in [0.25, 0.3) is 0 Å². The van der Waals surface area contributed by atoms with Gasteiger partial charge in [-0.05, 0) is 13.0 Å². The SMILES string of the molecule is CC(N)c1ccc(F)c(F)c1F. The minimum atomic E-state index is -1.47. The Bertz CT molecular complexity index is 297. The number of rotatable bonds is 1. The van der Waals surface area contributed by atoms with Crippen LogP contribution in [0.4, 0.5) is 13.2 Å². The molecule has 0 aliphatic carbocycles. The topological polar surface area (TPSA) is 26.0 Å². The van der Waals surface area contributed by atoms with Crippen molar-refractivity contribution >= 4 is 0 Å². The lowest BCUT2D eigenvalue weighted by molar-refractivity contribution is 0.437. The van der Waals surface area contributed by atoms with Gasteiger partial charge in [0.2, 0.25) is 0 Å².